The van der Waals surface area contributed by atoms with Crippen LogP contribution >= 0.6 is 0 Å². The van der Waals surface area contributed by atoms with Crippen LogP contribution in [0.2, 0.25) is 0 Å². The van der Waals surface area contributed by atoms with Gasteiger partial charge in [-0.25, -0.2) is 0 Å². The molecule has 1 aliphatic heterocycles. The molecular formula is C15H14F6N2O2. The van der Waals surface area contributed by atoms with Gasteiger partial charge in [0, 0.05) is 12.1 Å². The van der Waals surface area contributed by atoms with Gasteiger partial charge >= 0.3 is 12.4 Å². The summed E-state index contributed by atoms with van der Waals surface area (Å²) in [6, 6.07) is -0.405. The molecule has 1 aliphatic rings. The zero-order chi connectivity index (χ0) is 19.0. The van der Waals surface area contributed by atoms with Crippen molar-refractivity contribution in [3.05, 3.63) is 34.9 Å². The van der Waals surface area contributed by atoms with Gasteiger partial charge in [-0.2, -0.15) is 26.3 Å². The summed E-state index contributed by atoms with van der Waals surface area (Å²) in [5, 5.41) is 0. The van der Waals surface area contributed by atoms with E-state index in [1.165, 1.54) is 0 Å². The lowest BCUT2D eigenvalue weighted by Crippen LogP contribution is -2.50. The van der Waals surface area contributed by atoms with Gasteiger partial charge < -0.3 is 10.6 Å². The molecule has 1 aromatic carbocycles. The summed E-state index contributed by atoms with van der Waals surface area (Å²) in [6.07, 6.45) is -8.84. The molecule has 1 unspecified atom stereocenters. The normalized spacial score (nSPS) is 19.0. The van der Waals surface area contributed by atoms with E-state index in [2.05, 4.69) is 0 Å². The molecule has 1 atom stereocenters. The number of nitrogens with zero attached hydrogens (tertiary/aromatic N) is 1. The number of benzene rings is 1. The Morgan fingerprint density at radius 3 is 1.92 bits per heavy atom. The third kappa shape index (κ3) is 4.23. The number of hydrogen-bond donors (Lipinski definition) is 1. The van der Waals surface area contributed by atoms with Gasteiger partial charge in [-0.1, -0.05) is 0 Å². The van der Waals surface area contributed by atoms with Gasteiger partial charge in [0.25, 0.3) is 5.91 Å². The van der Waals surface area contributed by atoms with Gasteiger partial charge in [-0.05, 0) is 37.5 Å². The lowest BCUT2D eigenvalue weighted by Gasteiger charge is -2.34. The van der Waals surface area contributed by atoms with Crippen LogP contribution in [0.1, 0.15) is 40.7 Å². The van der Waals surface area contributed by atoms with E-state index in [9.17, 15) is 35.9 Å². The number of likely N-dealkylation sites (tertiary alicyclic amines) is 1. The summed E-state index contributed by atoms with van der Waals surface area (Å²) >= 11 is 0. The SMILES string of the molecule is NC(=O)C1CCCCN1C(=O)c1cc(C(F)(F)F)cc(C(F)(F)F)c1. The van der Waals surface area contributed by atoms with E-state index in [1.807, 2.05) is 0 Å². The highest BCUT2D eigenvalue weighted by Gasteiger charge is 2.39. The first kappa shape index (κ1) is 19.1. The Hall–Kier alpha value is -2.26. The minimum absolute atomic E-state index is 0.0318. The first-order chi connectivity index (χ1) is 11.4. The van der Waals surface area contributed by atoms with Gasteiger partial charge in [-0.3, -0.25) is 9.59 Å². The minimum atomic E-state index is -5.05. The van der Waals surface area contributed by atoms with Crippen LogP contribution in [-0.2, 0) is 17.1 Å². The molecule has 2 N–H and O–H groups in total. The molecule has 10 heteroatoms. The maximum atomic E-state index is 12.9. The van der Waals surface area contributed by atoms with Gasteiger partial charge in [0.05, 0.1) is 11.1 Å². The Labute approximate surface area is 138 Å². The summed E-state index contributed by atoms with van der Waals surface area (Å²) in [4.78, 5) is 24.8. The molecule has 4 nitrogen and oxygen atoms in total. The third-order valence-corrected chi connectivity index (χ3v) is 3.93. The second-order valence-electron chi connectivity index (χ2n) is 5.71. The Morgan fingerprint density at radius 2 is 1.48 bits per heavy atom. The number of nitrogens with two attached hydrogens (primary N) is 1. The highest BCUT2D eigenvalue weighted by atomic mass is 19.4. The minimum Gasteiger partial charge on any atom is -0.368 e. The van der Waals surface area contributed by atoms with Crippen LogP contribution in [0.4, 0.5) is 26.3 Å². The van der Waals surface area contributed by atoms with E-state index >= 15 is 0 Å². The number of hydrogen-bond acceptors (Lipinski definition) is 2. The Balaban J connectivity index is 2.49. The summed E-state index contributed by atoms with van der Waals surface area (Å²) in [5.41, 5.74) is 1.23. The van der Waals surface area contributed by atoms with Crippen LogP contribution in [0.3, 0.4) is 0 Å². The van der Waals surface area contributed by atoms with Crippen LogP contribution in [0, 0.1) is 0 Å². The van der Waals surface area contributed by atoms with Crippen LogP contribution in [0.5, 0.6) is 0 Å². The van der Waals surface area contributed by atoms with Crippen LogP contribution in [-0.4, -0.2) is 29.3 Å². The van der Waals surface area contributed by atoms with E-state index in [0.29, 0.717) is 25.0 Å². The van der Waals surface area contributed by atoms with Crippen LogP contribution < -0.4 is 5.73 Å². The van der Waals surface area contributed by atoms with Crippen molar-refractivity contribution < 1.29 is 35.9 Å². The van der Waals surface area contributed by atoms with Crippen molar-refractivity contribution in [2.45, 2.75) is 37.7 Å². The quantitative estimate of drug-likeness (QED) is 0.815. The molecule has 2 rings (SSSR count). The molecule has 0 saturated carbocycles. The molecule has 1 heterocycles. The summed E-state index contributed by atoms with van der Waals surface area (Å²) in [7, 11) is 0. The predicted molar refractivity (Wildman–Crippen MR) is 74.3 cm³/mol. The highest BCUT2D eigenvalue weighted by molar-refractivity contribution is 5.97. The Morgan fingerprint density at radius 1 is 0.960 bits per heavy atom. The molecule has 0 radical (unpaired) electrons. The summed E-state index contributed by atoms with van der Waals surface area (Å²) in [6.45, 7) is 0.0318. The third-order valence-electron chi connectivity index (χ3n) is 3.93. The number of carbonyl (C=O) groups excluding carboxylic acids is 2. The molecule has 0 spiro atoms. The Kier molecular flexibility index (Phi) is 5.01. The first-order valence-corrected chi connectivity index (χ1v) is 7.31. The van der Waals surface area contributed by atoms with E-state index in [4.69, 9.17) is 5.73 Å². The maximum Gasteiger partial charge on any atom is 0.416 e. The van der Waals surface area contributed by atoms with E-state index in [0.717, 1.165) is 4.90 Å². The molecule has 0 aliphatic carbocycles. The monoisotopic (exact) mass is 368 g/mol. The van der Waals surface area contributed by atoms with Crippen molar-refractivity contribution in [2.75, 3.05) is 6.54 Å². The average Bonchev–Trinajstić information content (AvgIpc) is 2.52. The maximum absolute atomic E-state index is 12.9. The van der Waals surface area contributed by atoms with Crippen molar-refractivity contribution in [3.8, 4) is 0 Å². The second-order valence-corrected chi connectivity index (χ2v) is 5.71. The number of piperidine rings is 1. The second kappa shape index (κ2) is 6.57. The molecule has 2 amide bonds. The molecule has 1 aromatic rings. The smallest absolute Gasteiger partial charge is 0.368 e. The summed E-state index contributed by atoms with van der Waals surface area (Å²) < 4.78 is 77.3. The van der Waals surface area contributed by atoms with Crippen molar-refractivity contribution >= 4 is 11.8 Å². The zero-order valence-electron chi connectivity index (χ0n) is 12.7. The predicted octanol–water partition coefficient (Wildman–Crippen LogP) is 3.20. The van der Waals surface area contributed by atoms with Crippen molar-refractivity contribution in [2.24, 2.45) is 5.73 Å². The van der Waals surface area contributed by atoms with Gasteiger partial charge in [0.15, 0.2) is 0 Å². The molecular weight excluding hydrogens is 354 g/mol. The topological polar surface area (TPSA) is 63.4 Å². The fourth-order valence-corrected chi connectivity index (χ4v) is 2.71. The Bertz CT molecular complexity index is 651. The number of primary amides is 1. The molecule has 138 valence electrons. The molecule has 1 fully saturated rings. The number of alkyl halides is 6. The number of amides is 2. The first-order valence-electron chi connectivity index (χ1n) is 7.31. The van der Waals surface area contributed by atoms with Crippen LogP contribution in [0.15, 0.2) is 18.2 Å². The fraction of sp³-hybridized carbons (Fsp3) is 0.467. The number of halogens is 6. The largest absolute Gasteiger partial charge is 0.416 e. The zero-order valence-corrected chi connectivity index (χ0v) is 12.7. The van der Waals surface area contributed by atoms with Crippen molar-refractivity contribution in [3.63, 3.8) is 0 Å². The number of rotatable bonds is 2. The highest BCUT2D eigenvalue weighted by Crippen LogP contribution is 2.36. The molecule has 1 saturated heterocycles. The van der Waals surface area contributed by atoms with E-state index in [-0.39, 0.29) is 19.0 Å². The van der Waals surface area contributed by atoms with Gasteiger partial charge in [-0.15, -0.1) is 0 Å². The van der Waals surface area contributed by atoms with Crippen molar-refractivity contribution in [1.82, 2.24) is 4.90 Å². The molecule has 0 bridgehead atoms. The van der Waals surface area contributed by atoms with Gasteiger partial charge in [0.2, 0.25) is 5.91 Å². The lowest BCUT2D eigenvalue weighted by atomic mass is 9.98. The number of carbonyl (C=O) groups is 2. The molecule has 0 aromatic heterocycles. The van der Waals surface area contributed by atoms with Crippen LogP contribution in [0.25, 0.3) is 0 Å². The fourth-order valence-electron chi connectivity index (χ4n) is 2.71. The van der Waals surface area contributed by atoms with E-state index < -0.39 is 46.9 Å². The molecule has 25 heavy (non-hydrogen) atoms. The average molecular weight is 368 g/mol. The lowest BCUT2D eigenvalue weighted by molar-refractivity contribution is -0.143. The van der Waals surface area contributed by atoms with Crippen molar-refractivity contribution in [1.29, 1.82) is 0 Å². The van der Waals surface area contributed by atoms with E-state index in [1.54, 1.807) is 0 Å². The standard InChI is InChI=1S/C15H14F6N2O2/c16-14(17,18)9-5-8(6-10(7-9)15(19,20)21)13(25)23-4-2-1-3-11(23)12(22)24/h5-7,11H,1-4H2,(H2,22,24). The van der Waals surface area contributed by atoms with Gasteiger partial charge in [0.1, 0.15) is 6.04 Å². The summed E-state index contributed by atoms with van der Waals surface area (Å²) in [5.74, 6) is -1.93.